The maximum absolute atomic E-state index is 10.8. The number of rotatable bonds is 6. The topological polar surface area (TPSA) is 95.8 Å². The van der Waals surface area contributed by atoms with E-state index >= 15 is 0 Å². The third-order valence-corrected chi connectivity index (χ3v) is 2.95. The standard InChI is InChI=1S/C12H14N2O6S/c1-17-13-11-9-5-3-4-6-10(9)20-12(11)14-18-7-8-19-21(2,15)16/h3-6H,7-8H2,1-2H3/b13-11-,14-12-. The van der Waals surface area contributed by atoms with Gasteiger partial charge in [-0.1, -0.05) is 17.3 Å². The van der Waals surface area contributed by atoms with Crippen LogP contribution in [0, 0.1) is 0 Å². The number of para-hydroxylation sites is 1. The molecule has 0 bridgehead atoms. The molecule has 114 valence electrons. The molecule has 0 saturated heterocycles. The lowest BCUT2D eigenvalue weighted by Crippen LogP contribution is -2.15. The molecule has 0 radical (unpaired) electrons. The van der Waals surface area contributed by atoms with Crippen molar-refractivity contribution in [3.8, 4) is 5.75 Å². The number of benzene rings is 1. The molecule has 0 N–H and O–H groups in total. The first-order chi connectivity index (χ1) is 10.0. The van der Waals surface area contributed by atoms with Gasteiger partial charge in [-0.3, -0.25) is 4.18 Å². The first-order valence-corrected chi connectivity index (χ1v) is 7.76. The van der Waals surface area contributed by atoms with Crippen molar-refractivity contribution in [2.75, 3.05) is 26.6 Å². The van der Waals surface area contributed by atoms with Crippen molar-refractivity contribution in [2.45, 2.75) is 0 Å². The lowest BCUT2D eigenvalue weighted by molar-refractivity contribution is 0.107. The van der Waals surface area contributed by atoms with Crippen LogP contribution in [0.4, 0.5) is 0 Å². The van der Waals surface area contributed by atoms with Gasteiger partial charge in [-0.05, 0) is 17.3 Å². The van der Waals surface area contributed by atoms with Crippen LogP contribution in [0.1, 0.15) is 5.56 Å². The van der Waals surface area contributed by atoms with Crippen LogP contribution in [0.5, 0.6) is 5.75 Å². The minimum Gasteiger partial charge on any atom is -0.434 e. The first kappa shape index (κ1) is 15.3. The molecule has 0 atom stereocenters. The molecule has 9 heteroatoms. The summed E-state index contributed by atoms with van der Waals surface area (Å²) in [4.78, 5) is 9.71. The molecule has 0 aromatic heterocycles. The summed E-state index contributed by atoms with van der Waals surface area (Å²) in [5.74, 6) is 0.723. The lowest BCUT2D eigenvalue weighted by atomic mass is 10.1. The highest BCUT2D eigenvalue weighted by atomic mass is 32.2. The normalized spacial score (nSPS) is 17.6. The van der Waals surface area contributed by atoms with Gasteiger partial charge in [0.15, 0.2) is 5.71 Å². The number of hydrogen-bond donors (Lipinski definition) is 0. The Hall–Kier alpha value is -2.13. The van der Waals surface area contributed by atoms with Gasteiger partial charge in [0.25, 0.3) is 16.0 Å². The van der Waals surface area contributed by atoms with Gasteiger partial charge < -0.3 is 14.4 Å². The molecule has 1 aromatic carbocycles. The molecular weight excluding hydrogens is 300 g/mol. The molecule has 1 aliphatic rings. The molecular formula is C12H14N2O6S. The van der Waals surface area contributed by atoms with Crippen molar-refractivity contribution in [2.24, 2.45) is 10.3 Å². The monoisotopic (exact) mass is 314 g/mol. The third kappa shape index (κ3) is 4.17. The van der Waals surface area contributed by atoms with Crippen LogP contribution in [0.15, 0.2) is 34.6 Å². The third-order valence-electron chi connectivity index (χ3n) is 2.35. The first-order valence-electron chi connectivity index (χ1n) is 5.94. The van der Waals surface area contributed by atoms with Gasteiger partial charge >= 0.3 is 0 Å². The van der Waals surface area contributed by atoms with Crippen LogP contribution >= 0.6 is 0 Å². The van der Waals surface area contributed by atoms with Gasteiger partial charge in [-0.15, -0.1) is 0 Å². The second-order valence-corrected chi connectivity index (χ2v) is 5.62. The van der Waals surface area contributed by atoms with E-state index in [9.17, 15) is 8.42 Å². The van der Waals surface area contributed by atoms with Crippen LogP contribution in [0.2, 0.25) is 0 Å². The molecule has 1 heterocycles. The summed E-state index contributed by atoms with van der Waals surface area (Å²) in [5, 5.41) is 7.60. The van der Waals surface area contributed by atoms with Gasteiger partial charge in [-0.2, -0.15) is 8.42 Å². The summed E-state index contributed by atoms with van der Waals surface area (Å²) in [6.07, 6.45) is 0.957. The number of hydrogen-bond acceptors (Lipinski definition) is 8. The number of nitrogens with zero attached hydrogens (tertiary/aromatic N) is 2. The minimum atomic E-state index is -3.49. The van der Waals surface area contributed by atoms with E-state index in [0.29, 0.717) is 11.5 Å². The van der Waals surface area contributed by atoms with E-state index in [4.69, 9.17) is 14.4 Å². The van der Waals surface area contributed by atoms with Crippen molar-refractivity contribution in [1.82, 2.24) is 0 Å². The Bertz CT molecular complexity index is 668. The van der Waals surface area contributed by atoms with E-state index < -0.39 is 10.1 Å². The minimum absolute atomic E-state index is 0.0451. The van der Waals surface area contributed by atoms with Crippen LogP contribution in [-0.4, -0.2) is 46.6 Å². The number of fused-ring (bicyclic) bond motifs is 1. The molecule has 0 fully saturated rings. The average Bonchev–Trinajstić information content (AvgIpc) is 2.76. The molecule has 0 spiro atoms. The molecule has 0 saturated carbocycles. The van der Waals surface area contributed by atoms with E-state index in [1.54, 1.807) is 6.07 Å². The number of ether oxygens (including phenoxy) is 1. The number of oxime groups is 2. The zero-order valence-corrected chi connectivity index (χ0v) is 12.3. The molecule has 1 aliphatic heterocycles. The Morgan fingerprint density at radius 2 is 1.95 bits per heavy atom. The molecule has 0 amide bonds. The highest BCUT2D eigenvalue weighted by molar-refractivity contribution is 7.85. The van der Waals surface area contributed by atoms with Gasteiger partial charge in [0.05, 0.1) is 11.8 Å². The zero-order chi connectivity index (χ0) is 15.3. The zero-order valence-electron chi connectivity index (χ0n) is 11.5. The van der Waals surface area contributed by atoms with Crippen LogP contribution in [-0.2, 0) is 24.0 Å². The van der Waals surface area contributed by atoms with Gasteiger partial charge in [0.1, 0.15) is 26.1 Å². The summed E-state index contributed by atoms with van der Waals surface area (Å²) in [6.45, 7) is -0.185. The predicted molar refractivity (Wildman–Crippen MR) is 74.8 cm³/mol. The fraction of sp³-hybridized carbons (Fsp3) is 0.333. The van der Waals surface area contributed by atoms with E-state index in [2.05, 4.69) is 14.5 Å². The summed E-state index contributed by atoms with van der Waals surface area (Å²) in [5.41, 5.74) is 1.13. The highest BCUT2D eigenvalue weighted by Crippen LogP contribution is 2.26. The molecule has 1 aromatic rings. The predicted octanol–water partition coefficient (Wildman–Crippen LogP) is 0.736. The average molecular weight is 314 g/mol. The maximum atomic E-state index is 10.8. The smallest absolute Gasteiger partial charge is 0.286 e. The van der Waals surface area contributed by atoms with Gasteiger partial charge in [0, 0.05) is 0 Å². The van der Waals surface area contributed by atoms with Crippen molar-refractivity contribution < 1.29 is 27.0 Å². The maximum Gasteiger partial charge on any atom is 0.286 e. The largest absolute Gasteiger partial charge is 0.434 e. The fourth-order valence-electron chi connectivity index (χ4n) is 1.59. The van der Waals surface area contributed by atoms with Crippen molar-refractivity contribution >= 4 is 21.7 Å². The highest BCUT2D eigenvalue weighted by Gasteiger charge is 2.28. The summed E-state index contributed by atoms with van der Waals surface area (Å²) >= 11 is 0. The van der Waals surface area contributed by atoms with Gasteiger partial charge in [-0.25, -0.2) is 0 Å². The van der Waals surface area contributed by atoms with Crippen LogP contribution < -0.4 is 4.74 Å². The summed E-state index contributed by atoms with van der Waals surface area (Å²) in [6, 6.07) is 7.21. The van der Waals surface area contributed by atoms with Crippen molar-refractivity contribution in [1.29, 1.82) is 0 Å². The lowest BCUT2D eigenvalue weighted by Gasteiger charge is -2.01. The summed E-state index contributed by atoms with van der Waals surface area (Å²) in [7, 11) is -2.08. The van der Waals surface area contributed by atoms with Gasteiger partial charge in [0.2, 0.25) is 0 Å². The Morgan fingerprint density at radius 1 is 1.19 bits per heavy atom. The Labute approximate surface area is 122 Å². The quantitative estimate of drug-likeness (QED) is 0.436. The molecule has 8 nitrogen and oxygen atoms in total. The molecule has 0 aliphatic carbocycles. The fourth-order valence-corrected chi connectivity index (χ4v) is 1.96. The van der Waals surface area contributed by atoms with Crippen LogP contribution in [0.3, 0.4) is 0 Å². The molecule has 21 heavy (non-hydrogen) atoms. The summed E-state index contributed by atoms with van der Waals surface area (Å²) < 4.78 is 31.5. The second-order valence-electron chi connectivity index (χ2n) is 3.98. The van der Waals surface area contributed by atoms with Crippen molar-refractivity contribution in [3.63, 3.8) is 0 Å². The van der Waals surface area contributed by atoms with E-state index in [1.165, 1.54) is 7.11 Å². The second kappa shape index (κ2) is 6.55. The Morgan fingerprint density at radius 3 is 2.67 bits per heavy atom. The van der Waals surface area contributed by atoms with E-state index in [0.717, 1.165) is 11.8 Å². The van der Waals surface area contributed by atoms with Crippen molar-refractivity contribution in [3.05, 3.63) is 29.8 Å². The van der Waals surface area contributed by atoms with E-state index in [-0.39, 0.29) is 19.1 Å². The van der Waals surface area contributed by atoms with Crippen LogP contribution in [0.25, 0.3) is 0 Å². The van der Waals surface area contributed by atoms with E-state index in [1.807, 2.05) is 18.2 Å². The SMILES string of the molecule is CO/N=C1\C(=N\OCCOS(C)(=O)=O)Oc2ccccc21. The molecule has 2 rings (SSSR count). The molecule has 0 unspecified atom stereocenters. The Kier molecular flexibility index (Phi) is 4.76. The Balaban J connectivity index is 2.00.